The quantitative estimate of drug-likeness (QED) is 0.885. The van der Waals surface area contributed by atoms with Crippen molar-refractivity contribution in [3.63, 3.8) is 0 Å². The molecule has 0 aliphatic carbocycles. The van der Waals surface area contributed by atoms with E-state index in [9.17, 15) is 9.90 Å². The van der Waals surface area contributed by atoms with Crippen molar-refractivity contribution in [2.75, 3.05) is 24.6 Å². The number of aliphatic hydroxyl groups is 1. The first-order valence-corrected chi connectivity index (χ1v) is 9.68. The standard InChI is InChI=1S/C18H26N2O2S/c21-17(18(22)8-11-23-12-9-18)19-16-7-4-10-20(14-16)13-15-5-2-1-3-6-15/h1-3,5-6,16,22H,4,7-14H2,(H,19,21)/t16-/m0/s1. The summed E-state index contributed by atoms with van der Waals surface area (Å²) in [5, 5.41) is 13.6. The second-order valence-corrected chi connectivity index (χ2v) is 7.90. The molecule has 4 nitrogen and oxygen atoms in total. The van der Waals surface area contributed by atoms with E-state index < -0.39 is 5.60 Å². The van der Waals surface area contributed by atoms with Gasteiger partial charge in [-0.25, -0.2) is 0 Å². The van der Waals surface area contributed by atoms with Gasteiger partial charge in [-0.15, -0.1) is 0 Å². The maximum absolute atomic E-state index is 12.5. The Bertz CT molecular complexity index is 517. The molecule has 126 valence electrons. The Balaban J connectivity index is 1.53. The number of benzene rings is 1. The minimum Gasteiger partial charge on any atom is -0.380 e. The van der Waals surface area contributed by atoms with E-state index >= 15 is 0 Å². The Morgan fingerprint density at radius 2 is 2.04 bits per heavy atom. The van der Waals surface area contributed by atoms with Gasteiger partial charge in [-0.1, -0.05) is 30.3 Å². The predicted octanol–water partition coefficient (Wildman–Crippen LogP) is 2.03. The molecule has 0 unspecified atom stereocenters. The number of hydrogen-bond donors (Lipinski definition) is 2. The summed E-state index contributed by atoms with van der Waals surface area (Å²) in [6, 6.07) is 10.6. The SMILES string of the molecule is O=C(N[C@H]1CCCN(Cc2ccccc2)C1)C1(O)CCSCC1. The number of nitrogens with one attached hydrogen (secondary N) is 1. The lowest BCUT2D eigenvalue weighted by Crippen LogP contribution is -2.55. The van der Waals surface area contributed by atoms with Gasteiger partial charge in [-0.05, 0) is 49.3 Å². The Hall–Kier alpha value is -1.04. The predicted molar refractivity (Wildman–Crippen MR) is 94.4 cm³/mol. The van der Waals surface area contributed by atoms with Gasteiger partial charge in [0.05, 0.1) is 0 Å². The molecular formula is C18H26N2O2S. The molecule has 2 aliphatic rings. The van der Waals surface area contributed by atoms with Crippen molar-refractivity contribution in [2.45, 2.75) is 43.9 Å². The monoisotopic (exact) mass is 334 g/mol. The normalized spacial score (nSPS) is 25.0. The topological polar surface area (TPSA) is 52.6 Å². The lowest BCUT2D eigenvalue weighted by atomic mass is 9.94. The van der Waals surface area contributed by atoms with Gasteiger partial charge >= 0.3 is 0 Å². The molecule has 2 aliphatic heterocycles. The van der Waals surface area contributed by atoms with E-state index in [1.165, 1.54) is 5.56 Å². The van der Waals surface area contributed by atoms with E-state index in [4.69, 9.17) is 0 Å². The first-order valence-electron chi connectivity index (χ1n) is 8.53. The fourth-order valence-electron chi connectivity index (χ4n) is 3.41. The average Bonchev–Trinajstić information content (AvgIpc) is 2.57. The Morgan fingerprint density at radius 3 is 2.78 bits per heavy atom. The fraction of sp³-hybridized carbons (Fsp3) is 0.611. The highest BCUT2D eigenvalue weighted by atomic mass is 32.2. The Morgan fingerprint density at radius 1 is 1.30 bits per heavy atom. The zero-order valence-corrected chi connectivity index (χ0v) is 14.4. The number of nitrogens with zero attached hydrogens (tertiary/aromatic N) is 1. The van der Waals surface area contributed by atoms with Gasteiger partial charge < -0.3 is 10.4 Å². The first-order chi connectivity index (χ1) is 11.2. The number of thioether (sulfide) groups is 1. The van der Waals surface area contributed by atoms with Gasteiger partial charge in [-0.3, -0.25) is 9.69 Å². The van der Waals surface area contributed by atoms with Crippen LogP contribution in [0.3, 0.4) is 0 Å². The van der Waals surface area contributed by atoms with Crippen LogP contribution in [0.5, 0.6) is 0 Å². The molecule has 2 N–H and O–H groups in total. The smallest absolute Gasteiger partial charge is 0.252 e. The van der Waals surface area contributed by atoms with Crippen LogP contribution in [0, 0.1) is 0 Å². The Labute approximate surface area is 142 Å². The van der Waals surface area contributed by atoms with Gasteiger partial charge in [0.15, 0.2) is 0 Å². The molecule has 1 amide bonds. The zero-order chi connectivity index (χ0) is 16.1. The number of amides is 1. The van der Waals surface area contributed by atoms with E-state index in [1.807, 2.05) is 17.8 Å². The summed E-state index contributed by atoms with van der Waals surface area (Å²) in [5.41, 5.74) is 0.162. The number of carbonyl (C=O) groups is 1. The van der Waals surface area contributed by atoms with Crippen molar-refractivity contribution in [3.8, 4) is 0 Å². The molecule has 1 atom stereocenters. The van der Waals surface area contributed by atoms with Crippen molar-refractivity contribution in [2.24, 2.45) is 0 Å². The van der Waals surface area contributed by atoms with Crippen molar-refractivity contribution in [3.05, 3.63) is 35.9 Å². The highest BCUT2D eigenvalue weighted by molar-refractivity contribution is 7.99. The lowest BCUT2D eigenvalue weighted by Gasteiger charge is -2.36. The zero-order valence-electron chi connectivity index (χ0n) is 13.5. The molecule has 2 saturated heterocycles. The van der Waals surface area contributed by atoms with Crippen LogP contribution in [0.25, 0.3) is 0 Å². The van der Waals surface area contributed by atoms with Crippen LogP contribution in [0.4, 0.5) is 0 Å². The summed E-state index contributed by atoms with van der Waals surface area (Å²) >= 11 is 1.81. The van der Waals surface area contributed by atoms with Gasteiger partial charge in [0, 0.05) is 19.1 Å². The molecule has 1 aromatic rings. The molecule has 0 bridgehead atoms. The van der Waals surface area contributed by atoms with E-state index in [1.54, 1.807) is 0 Å². The molecule has 0 aromatic heterocycles. The van der Waals surface area contributed by atoms with Crippen LogP contribution in [0.2, 0.25) is 0 Å². The minimum absolute atomic E-state index is 0.151. The summed E-state index contributed by atoms with van der Waals surface area (Å²) in [6.45, 7) is 2.86. The van der Waals surface area contributed by atoms with Crippen LogP contribution >= 0.6 is 11.8 Å². The summed E-state index contributed by atoms with van der Waals surface area (Å²) in [5.74, 6) is 1.58. The van der Waals surface area contributed by atoms with E-state index in [0.29, 0.717) is 12.8 Å². The number of rotatable bonds is 4. The highest BCUT2D eigenvalue weighted by Crippen LogP contribution is 2.27. The molecule has 0 spiro atoms. The van der Waals surface area contributed by atoms with Gasteiger partial charge in [0.2, 0.25) is 0 Å². The number of likely N-dealkylation sites (tertiary alicyclic amines) is 1. The number of piperidine rings is 1. The van der Waals surface area contributed by atoms with Crippen LogP contribution < -0.4 is 5.32 Å². The van der Waals surface area contributed by atoms with Crippen LogP contribution in [-0.4, -0.2) is 52.2 Å². The summed E-state index contributed by atoms with van der Waals surface area (Å²) in [4.78, 5) is 14.9. The molecule has 0 saturated carbocycles. The maximum atomic E-state index is 12.5. The largest absolute Gasteiger partial charge is 0.380 e. The van der Waals surface area contributed by atoms with Gasteiger partial charge in [0.1, 0.15) is 5.60 Å². The molecular weight excluding hydrogens is 308 g/mol. The average molecular weight is 334 g/mol. The molecule has 2 fully saturated rings. The van der Waals surface area contributed by atoms with Gasteiger partial charge in [0.25, 0.3) is 5.91 Å². The molecule has 5 heteroatoms. The number of hydrogen-bond acceptors (Lipinski definition) is 4. The fourth-order valence-corrected chi connectivity index (χ4v) is 4.58. The summed E-state index contributed by atoms with van der Waals surface area (Å²) in [7, 11) is 0. The molecule has 0 radical (unpaired) electrons. The van der Waals surface area contributed by atoms with Crippen LogP contribution in [-0.2, 0) is 11.3 Å². The van der Waals surface area contributed by atoms with Crippen molar-refractivity contribution in [1.29, 1.82) is 0 Å². The molecule has 2 heterocycles. The minimum atomic E-state index is -1.15. The van der Waals surface area contributed by atoms with Crippen molar-refractivity contribution in [1.82, 2.24) is 10.2 Å². The number of carbonyl (C=O) groups excluding carboxylic acids is 1. The lowest BCUT2D eigenvalue weighted by molar-refractivity contribution is -0.141. The molecule has 23 heavy (non-hydrogen) atoms. The van der Waals surface area contributed by atoms with Crippen LogP contribution in [0.15, 0.2) is 30.3 Å². The third-order valence-corrected chi connectivity index (χ3v) is 5.82. The van der Waals surface area contributed by atoms with E-state index in [0.717, 1.165) is 44.0 Å². The highest BCUT2D eigenvalue weighted by Gasteiger charge is 2.38. The Kier molecular flexibility index (Phi) is 5.62. The van der Waals surface area contributed by atoms with Gasteiger partial charge in [-0.2, -0.15) is 11.8 Å². The van der Waals surface area contributed by atoms with E-state index in [-0.39, 0.29) is 11.9 Å². The summed E-state index contributed by atoms with van der Waals surface area (Å²) in [6.07, 6.45) is 3.24. The molecule has 1 aromatic carbocycles. The third-order valence-electron chi connectivity index (χ3n) is 4.83. The first kappa shape index (κ1) is 16.8. The summed E-state index contributed by atoms with van der Waals surface area (Å²) < 4.78 is 0. The van der Waals surface area contributed by atoms with Crippen LogP contribution in [0.1, 0.15) is 31.2 Å². The van der Waals surface area contributed by atoms with Crippen molar-refractivity contribution >= 4 is 17.7 Å². The second kappa shape index (κ2) is 7.69. The second-order valence-electron chi connectivity index (χ2n) is 6.68. The molecule has 3 rings (SSSR count). The third kappa shape index (κ3) is 4.49. The van der Waals surface area contributed by atoms with E-state index in [2.05, 4.69) is 34.5 Å². The maximum Gasteiger partial charge on any atom is 0.252 e. The van der Waals surface area contributed by atoms with Crippen molar-refractivity contribution < 1.29 is 9.90 Å².